The van der Waals surface area contributed by atoms with Gasteiger partial charge in [-0.05, 0) is 25.1 Å². The predicted octanol–water partition coefficient (Wildman–Crippen LogP) is 3.91. The number of aromatic nitrogens is 3. The first-order chi connectivity index (χ1) is 10.9. The maximum absolute atomic E-state index is 12.8. The molecule has 0 unspecified atom stereocenters. The zero-order valence-corrected chi connectivity index (χ0v) is 12.6. The molecule has 0 amide bonds. The Morgan fingerprint density at radius 2 is 2.00 bits per heavy atom. The maximum Gasteiger partial charge on any atom is 0.416 e. The van der Waals surface area contributed by atoms with Crippen molar-refractivity contribution in [2.45, 2.75) is 19.6 Å². The quantitative estimate of drug-likeness (QED) is 0.796. The van der Waals surface area contributed by atoms with Gasteiger partial charge in [-0.2, -0.15) is 18.3 Å². The fraction of sp³-hybridized carbons (Fsp3) is 0.250. The number of fused-ring (bicyclic) bond motifs is 1. The summed E-state index contributed by atoms with van der Waals surface area (Å²) in [5.41, 5.74) is 2.43. The van der Waals surface area contributed by atoms with Crippen molar-refractivity contribution in [3.63, 3.8) is 0 Å². The van der Waals surface area contributed by atoms with E-state index >= 15 is 0 Å². The van der Waals surface area contributed by atoms with Crippen LogP contribution in [0.1, 0.15) is 16.8 Å². The molecular weight excluding hydrogens is 305 g/mol. The third-order valence-electron chi connectivity index (χ3n) is 3.88. The molecule has 0 bridgehead atoms. The van der Waals surface area contributed by atoms with Gasteiger partial charge >= 0.3 is 6.18 Å². The summed E-state index contributed by atoms with van der Waals surface area (Å²) >= 11 is 0. The minimum atomic E-state index is -4.37. The maximum atomic E-state index is 12.8. The van der Waals surface area contributed by atoms with Gasteiger partial charge in [0.25, 0.3) is 0 Å². The Morgan fingerprint density at radius 3 is 2.65 bits per heavy atom. The average molecular weight is 320 g/mol. The third-order valence-corrected chi connectivity index (χ3v) is 3.88. The van der Waals surface area contributed by atoms with Gasteiger partial charge in [0.05, 0.1) is 17.3 Å². The van der Waals surface area contributed by atoms with Crippen molar-refractivity contribution in [1.82, 2.24) is 14.8 Å². The molecule has 0 spiro atoms. The number of rotatable bonds is 3. The summed E-state index contributed by atoms with van der Waals surface area (Å²) in [5, 5.41) is 8.07. The van der Waals surface area contributed by atoms with E-state index in [1.54, 1.807) is 16.9 Å². The summed E-state index contributed by atoms with van der Waals surface area (Å²) in [6, 6.07) is 5.34. The molecule has 0 radical (unpaired) electrons. The van der Waals surface area contributed by atoms with E-state index in [2.05, 4.69) is 15.4 Å². The number of hydrogen-bond donors (Lipinski definition) is 1. The molecule has 0 aliphatic carbocycles. The zero-order chi connectivity index (χ0) is 16.6. The molecule has 0 atom stereocenters. The Labute approximate surface area is 131 Å². The van der Waals surface area contributed by atoms with Crippen molar-refractivity contribution >= 4 is 16.6 Å². The van der Waals surface area contributed by atoms with E-state index in [0.29, 0.717) is 17.4 Å². The Kier molecular flexibility index (Phi) is 3.71. The second-order valence-corrected chi connectivity index (χ2v) is 5.32. The fourth-order valence-corrected chi connectivity index (χ4v) is 2.39. The number of nitrogens with zero attached hydrogens (tertiary/aromatic N) is 3. The van der Waals surface area contributed by atoms with E-state index in [0.717, 1.165) is 29.1 Å². The van der Waals surface area contributed by atoms with Gasteiger partial charge < -0.3 is 5.32 Å². The van der Waals surface area contributed by atoms with Crippen LogP contribution in [-0.2, 0) is 19.8 Å². The van der Waals surface area contributed by atoms with Crippen molar-refractivity contribution in [3.8, 4) is 0 Å². The fourth-order valence-electron chi connectivity index (χ4n) is 2.39. The lowest BCUT2D eigenvalue weighted by Gasteiger charge is -2.11. The van der Waals surface area contributed by atoms with Crippen LogP contribution in [0.3, 0.4) is 0 Å². The Hall–Kier alpha value is -2.57. The molecule has 7 heteroatoms. The van der Waals surface area contributed by atoms with Gasteiger partial charge in [-0.3, -0.25) is 9.67 Å². The standard InChI is InChI=1S/C16H15F3N4/c1-10-11(9-22-23(10)2)8-21-14-5-6-20-15-7-12(16(17,18)19)3-4-13(14)15/h3-7,9H,8H2,1-2H3,(H,20,21). The van der Waals surface area contributed by atoms with Crippen LogP contribution >= 0.6 is 0 Å². The Bertz CT molecular complexity index is 852. The minimum Gasteiger partial charge on any atom is -0.380 e. The van der Waals surface area contributed by atoms with E-state index in [4.69, 9.17) is 0 Å². The number of halogens is 3. The SMILES string of the molecule is Cc1c(CNc2ccnc3cc(C(F)(F)F)ccc23)cnn1C. The number of anilines is 1. The normalized spacial score (nSPS) is 11.9. The lowest BCUT2D eigenvalue weighted by atomic mass is 10.1. The van der Waals surface area contributed by atoms with E-state index < -0.39 is 11.7 Å². The van der Waals surface area contributed by atoms with Gasteiger partial charge in [0.15, 0.2) is 0 Å². The van der Waals surface area contributed by atoms with Crippen LogP contribution in [-0.4, -0.2) is 14.8 Å². The van der Waals surface area contributed by atoms with Crippen molar-refractivity contribution < 1.29 is 13.2 Å². The molecule has 1 aromatic carbocycles. The van der Waals surface area contributed by atoms with Crippen LogP contribution in [0, 0.1) is 6.92 Å². The number of aryl methyl sites for hydroxylation is 1. The first kappa shape index (κ1) is 15.3. The van der Waals surface area contributed by atoms with Gasteiger partial charge in [-0.15, -0.1) is 0 Å². The van der Waals surface area contributed by atoms with Gasteiger partial charge in [0.2, 0.25) is 0 Å². The van der Waals surface area contributed by atoms with Crippen LogP contribution in [0.4, 0.5) is 18.9 Å². The van der Waals surface area contributed by atoms with Crippen LogP contribution < -0.4 is 5.32 Å². The lowest BCUT2D eigenvalue weighted by Crippen LogP contribution is -2.05. The molecule has 0 aliphatic heterocycles. The van der Waals surface area contributed by atoms with E-state index in [-0.39, 0.29) is 0 Å². The molecule has 2 heterocycles. The minimum absolute atomic E-state index is 0.313. The molecule has 2 aromatic heterocycles. The van der Waals surface area contributed by atoms with Gasteiger partial charge in [0.1, 0.15) is 0 Å². The molecule has 3 aromatic rings. The summed E-state index contributed by atoms with van der Waals surface area (Å²) in [7, 11) is 1.86. The number of nitrogens with one attached hydrogen (secondary N) is 1. The zero-order valence-electron chi connectivity index (χ0n) is 12.6. The highest BCUT2D eigenvalue weighted by molar-refractivity contribution is 5.91. The highest BCUT2D eigenvalue weighted by Gasteiger charge is 2.30. The van der Waals surface area contributed by atoms with Crippen molar-refractivity contribution in [3.05, 3.63) is 53.5 Å². The molecule has 3 rings (SSSR count). The number of benzene rings is 1. The van der Waals surface area contributed by atoms with Gasteiger partial charge in [-0.1, -0.05) is 6.07 Å². The van der Waals surface area contributed by atoms with Crippen LogP contribution in [0.2, 0.25) is 0 Å². The largest absolute Gasteiger partial charge is 0.416 e. The van der Waals surface area contributed by atoms with E-state index in [9.17, 15) is 13.2 Å². The highest BCUT2D eigenvalue weighted by Crippen LogP contribution is 2.32. The average Bonchev–Trinajstić information content (AvgIpc) is 2.83. The third kappa shape index (κ3) is 2.99. The predicted molar refractivity (Wildman–Crippen MR) is 82.0 cm³/mol. The summed E-state index contributed by atoms with van der Waals surface area (Å²) in [6.07, 6.45) is -1.10. The van der Waals surface area contributed by atoms with Crippen molar-refractivity contribution in [2.24, 2.45) is 7.05 Å². The summed E-state index contributed by atoms with van der Waals surface area (Å²) in [4.78, 5) is 4.04. The van der Waals surface area contributed by atoms with Crippen LogP contribution in [0.5, 0.6) is 0 Å². The molecule has 0 saturated carbocycles. The smallest absolute Gasteiger partial charge is 0.380 e. The number of alkyl halides is 3. The van der Waals surface area contributed by atoms with Gasteiger partial charge in [-0.25, -0.2) is 0 Å². The van der Waals surface area contributed by atoms with E-state index in [1.807, 2.05) is 14.0 Å². The molecule has 4 nitrogen and oxygen atoms in total. The van der Waals surface area contributed by atoms with Crippen LogP contribution in [0.15, 0.2) is 36.7 Å². The molecule has 0 saturated heterocycles. The summed E-state index contributed by atoms with van der Waals surface area (Å²) in [6.45, 7) is 2.50. The van der Waals surface area contributed by atoms with Crippen LogP contribution in [0.25, 0.3) is 10.9 Å². The molecule has 0 aliphatic rings. The van der Waals surface area contributed by atoms with E-state index in [1.165, 1.54) is 12.3 Å². The number of pyridine rings is 1. The van der Waals surface area contributed by atoms with Gasteiger partial charge in [0, 0.05) is 42.1 Å². The summed E-state index contributed by atoms with van der Waals surface area (Å²) < 4.78 is 40.1. The second kappa shape index (κ2) is 5.57. The highest BCUT2D eigenvalue weighted by atomic mass is 19.4. The number of hydrogen-bond acceptors (Lipinski definition) is 3. The molecule has 120 valence electrons. The monoisotopic (exact) mass is 320 g/mol. The first-order valence-corrected chi connectivity index (χ1v) is 7.03. The van der Waals surface area contributed by atoms with Crippen molar-refractivity contribution in [2.75, 3.05) is 5.32 Å². The Balaban J connectivity index is 1.91. The topological polar surface area (TPSA) is 42.7 Å². The second-order valence-electron chi connectivity index (χ2n) is 5.32. The first-order valence-electron chi connectivity index (χ1n) is 7.03. The summed E-state index contributed by atoms with van der Waals surface area (Å²) in [5.74, 6) is 0. The molecule has 1 N–H and O–H groups in total. The molecule has 0 fully saturated rings. The molecular formula is C16H15F3N4. The molecule has 23 heavy (non-hydrogen) atoms. The lowest BCUT2D eigenvalue weighted by molar-refractivity contribution is -0.137. The Morgan fingerprint density at radius 1 is 1.22 bits per heavy atom. The van der Waals surface area contributed by atoms with Crippen molar-refractivity contribution in [1.29, 1.82) is 0 Å².